The lowest BCUT2D eigenvalue weighted by molar-refractivity contribution is 0.0943. The lowest BCUT2D eigenvalue weighted by atomic mass is 10.2. The summed E-state index contributed by atoms with van der Waals surface area (Å²) in [7, 11) is 0. The summed E-state index contributed by atoms with van der Waals surface area (Å²) in [6, 6.07) is 4.13. The first-order valence-electron chi connectivity index (χ1n) is 5.46. The number of carbonyl (C=O) groups excluding carboxylic acids is 1. The van der Waals surface area contributed by atoms with Crippen molar-refractivity contribution >= 4 is 28.5 Å². The van der Waals surface area contributed by atoms with Gasteiger partial charge in [-0.3, -0.25) is 4.79 Å². The van der Waals surface area contributed by atoms with Gasteiger partial charge in [0.25, 0.3) is 5.91 Å². The molecule has 0 bridgehead atoms. The molecular weight excluding hydrogens is 336 g/mol. The summed E-state index contributed by atoms with van der Waals surface area (Å²) in [4.78, 5) is 11.7. The summed E-state index contributed by atoms with van der Waals surface area (Å²) in [5.41, 5.74) is 0.503. The molecule has 0 unspecified atom stereocenters. The van der Waals surface area contributed by atoms with Crippen LogP contribution in [0.2, 0.25) is 0 Å². The number of hydrogen-bond donors (Lipinski definition) is 1. The highest BCUT2D eigenvalue weighted by Gasteiger charge is 2.09. The first-order chi connectivity index (χ1) is 8.15. The van der Waals surface area contributed by atoms with Crippen molar-refractivity contribution in [3.05, 3.63) is 33.1 Å². The molecule has 0 heterocycles. The molecule has 1 aromatic rings. The van der Waals surface area contributed by atoms with Gasteiger partial charge < -0.3 is 10.1 Å². The fourth-order valence-electron chi connectivity index (χ4n) is 1.29. The van der Waals surface area contributed by atoms with Crippen LogP contribution in [0.25, 0.3) is 0 Å². The number of ether oxygens (including phenoxy) is 1. The maximum Gasteiger partial charge on any atom is 0.252 e. The molecule has 0 aliphatic heterocycles. The van der Waals surface area contributed by atoms with E-state index in [1.54, 1.807) is 0 Å². The van der Waals surface area contributed by atoms with Gasteiger partial charge in [-0.15, -0.1) is 0 Å². The van der Waals surface area contributed by atoms with E-state index in [1.807, 2.05) is 29.5 Å². The van der Waals surface area contributed by atoms with Crippen molar-refractivity contribution in [1.29, 1.82) is 0 Å². The monoisotopic (exact) mass is 351 g/mol. The largest absolute Gasteiger partial charge is 0.382 e. The third-order valence-corrected chi connectivity index (χ3v) is 3.02. The molecule has 0 saturated carbocycles. The SMILES string of the molecule is CCOCCCNC(=O)c1ccc(F)cc1I. The molecule has 1 aromatic carbocycles. The minimum absolute atomic E-state index is 0.175. The molecule has 0 radical (unpaired) electrons. The van der Waals surface area contributed by atoms with Crippen LogP contribution in [0.4, 0.5) is 4.39 Å². The number of hydrogen-bond acceptors (Lipinski definition) is 2. The standard InChI is InChI=1S/C12H15FINO2/c1-2-17-7-3-6-15-12(16)10-5-4-9(13)8-11(10)14/h4-5,8H,2-3,6-7H2,1H3,(H,15,16). The van der Waals surface area contributed by atoms with Crippen molar-refractivity contribution in [2.75, 3.05) is 19.8 Å². The van der Waals surface area contributed by atoms with E-state index in [2.05, 4.69) is 5.32 Å². The van der Waals surface area contributed by atoms with Crippen LogP contribution in [-0.4, -0.2) is 25.7 Å². The zero-order chi connectivity index (χ0) is 12.7. The Morgan fingerprint density at radius 1 is 1.53 bits per heavy atom. The van der Waals surface area contributed by atoms with Gasteiger partial charge >= 0.3 is 0 Å². The van der Waals surface area contributed by atoms with Crippen LogP contribution >= 0.6 is 22.6 Å². The molecule has 3 nitrogen and oxygen atoms in total. The number of halogens is 2. The Kier molecular flexibility index (Phi) is 6.43. The van der Waals surface area contributed by atoms with Gasteiger partial charge in [0, 0.05) is 23.3 Å². The molecule has 1 amide bonds. The highest BCUT2D eigenvalue weighted by molar-refractivity contribution is 14.1. The normalized spacial score (nSPS) is 10.3. The minimum Gasteiger partial charge on any atom is -0.382 e. The Labute approximate surface area is 114 Å². The van der Waals surface area contributed by atoms with Crippen molar-refractivity contribution in [2.45, 2.75) is 13.3 Å². The van der Waals surface area contributed by atoms with E-state index in [0.717, 1.165) is 6.42 Å². The zero-order valence-electron chi connectivity index (χ0n) is 9.63. The van der Waals surface area contributed by atoms with E-state index in [-0.39, 0.29) is 11.7 Å². The molecule has 0 saturated heterocycles. The predicted molar refractivity (Wildman–Crippen MR) is 72.6 cm³/mol. The average molecular weight is 351 g/mol. The van der Waals surface area contributed by atoms with Crippen LogP contribution in [-0.2, 0) is 4.74 Å². The van der Waals surface area contributed by atoms with E-state index >= 15 is 0 Å². The van der Waals surface area contributed by atoms with E-state index in [9.17, 15) is 9.18 Å². The fraction of sp³-hybridized carbons (Fsp3) is 0.417. The number of benzene rings is 1. The van der Waals surface area contributed by atoms with Gasteiger partial charge in [-0.25, -0.2) is 4.39 Å². The molecule has 0 spiro atoms. The van der Waals surface area contributed by atoms with Crippen LogP contribution in [0.3, 0.4) is 0 Å². The molecule has 0 atom stereocenters. The molecule has 17 heavy (non-hydrogen) atoms. The van der Waals surface area contributed by atoms with Crippen LogP contribution in [0.5, 0.6) is 0 Å². The third kappa shape index (κ3) is 4.99. The molecule has 5 heteroatoms. The van der Waals surface area contributed by atoms with Crippen LogP contribution in [0.15, 0.2) is 18.2 Å². The maximum atomic E-state index is 12.8. The van der Waals surface area contributed by atoms with Crippen molar-refractivity contribution in [1.82, 2.24) is 5.32 Å². The van der Waals surface area contributed by atoms with Crippen molar-refractivity contribution in [3.8, 4) is 0 Å². The number of rotatable bonds is 6. The Morgan fingerprint density at radius 3 is 2.94 bits per heavy atom. The second-order valence-electron chi connectivity index (χ2n) is 3.43. The smallest absolute Gasteiger partial charge is 0.252 e. The van der Waals surface area contributed by atoms with Gasteiger partial charge in [-0.05, 0) is 54.1 Å². The Morgan fingerprint density at radius 2 is 2.29 bits per heavy atom. The van der Waals surface area contributed by atoms with Gasteiger partial charge in [-0.1, -0.05) is 0 Å². The third-order valence-electron chi connectivity index (χ3n) is 2.13. The molecule has 1 rings (SSSR count). The van der Waals surface area contributed by atoms with Gasteiger partial charge in [-0.2, -0.15) is 0 Å². The van der Waals surface area contributed by atoms with Crippen LogP contribution in [0.1, 0.15) is 23.7 Å². The highest BCUT2D eigenvalue weighted by Crippen LogP contribution is 2.13. The lowest BCUT2D eigenvalue weighted by Gasteiger charge is -2.07. The Bertz CT molecular complexity index is 385. The quantitative estimate of drug-likeness (QED) is 0.632. The maximum absolute atomic E-state index is 12.8. The molecule has 0 aromatic heterocycles. The summed E-state index contributed by atoms with van der Waals surface area (Å²) in [5, 5.41) is 2.77. The molecule has 0 aliphatic rings. The van der Waals surface area contributed by atoms with E-state index < -0.39 is 0 Å². The van der Waals surface area contributed by atoms with Crippen LogP contribution in [0, 0.1) is 9.39 Å². The topological polar surface area (TPSA) is 38.3 Å². The van der Waals surface area contributed by atoms with Crippen molar-refractivity contribution < 1.29 is 13.9 Å². The Hall–Kier alpha value is -0.690. The van der Waals surface area contributed by atoms with Gasteiger partial charge in [0.05, 0.1) is 5.56 Å². The molecule has 0 fully saturated rings. The number of carbonyl (C=O) groups is 1. The molecule has 1 N–H and O–H groups in total. The minimum atomic E-state index is -0.331. The highest BCUT2D eigenvalue weighted by atomic mass is 127. The first-order valence-corrected chi connectivity index (χ1v) is 6.54. The summed E-state index contributed by atoms with van der Waals surface area (Å²) in [5.74, 6) is -0.506. The van der Waals surface area contributed by atoms with Gasteiger partial charge in [0.1, 0.15) is 5.82 Å². The number of amides is 1. The van der Waals surface area contributed by atoms with Crippen molar-refractivity contribution in [2.24, 2.45) is 0 Å². The van der Waals surface area contributed by atoms with E-state index in [1.165, 1.54) is 18.2 Å². The van der Waals surface area contributed by atoms with E-state index in [0.29, 0.717) is 28.9 Å². The van der Waals surface area contributed by atoms with Crippen LogP contribution < -0.4 is 5.32 Å². The first kappa shape index (κ1) is 14.4. The fourth-order valence-corrected chi connectivity index (χ4v) is 2.01. The number of nitrogens with one attached hydrogen (secondary N) is 1. The van der Waals surface area contributed by atoms with Gasteiger partial charge in [0.2, 0.25) is 0 Å². The summed E-state index contributed by atoms with van der Waals surface area (Å²) < 4.78 is 18.6. The predicted octanol–water partition coefficient (Wildman–Crippen LogP) is 2.59. The zero-order valence-corrected chi connectivity index (χ0v) is 11.8. The molecular formula is C12H15FINO2. The van der Waals surface area contributed by atoms with E-state index in [4.69, 9.17) is 4.74 Å². The lowest BCUT2D eigenvalue weighted by Crippen LogP contribution is -2.26. The Balaban J connectivity index is 2.42. The summed E-state index contributed by atoms with van der Waals surface area (Å²) in [6.45, 7) is 3.81. The molecule has 0 aliphatic carbocycles. The second-order valence-corrected chi connectivity index (χ2v) is 4.59. The summed E-state index contributed by atoms with van der Waals surface area (Å²) in [6.07, 6.45) is 0.775. The summed E-state index contributed by atoms with van der Waals surface area (Å²) >= 11 is 1.95. The average Bonchev–Trinajstić information content (AvgIpc) is 2.28. The van der Waals surface area contributed by atoms with Crippen molar-refractivity contribution in [3.63, 3.8) is 0 Å². The van der Waals surface area contributed by atoms with Gasteiger partial charge in [0.15, 0.2) is 0 Å². The second kappa shape index (κ2) is 7.60. The molecule has 94 valence electrons.